The number of carbonyl (C=O) groups is 2. The molecule has 40 heavy (non-hydrogen) atoms. The van der Waals surface area contributed by atoms with Crippen LogP contribution in [-0.2, 0) is 0 Å². The van der Waals surface area contributed by atoms with Crippen molar-refractivity contribution in [3.63, 3.8) is 0 Å². The fourth-order valence-electron chi connectivity index (χ4n) is 4.77. The van der Waals surface area contributed by atoms with Crippen LogP contribution in [0.3, 0.4) is 0 Å². The average Bonchev–Trinajstić information content (AvgIpc) is 3.39. The lowest BCUT2D eigenvalue weighted by Gasteiger charge is -2.34. The molecule has 3 amide bonds. The second kappa shape index (κ2) is 11.4. The van der Waals surface area contributed by atoms with Crippen LogP contribution >= 0.6 is 0 Å². The van der Waals surface area contributed by atoms with E-state index in [1.54, 1.807) is 29.7 Å². The van der Waals surface area contributed by atoms with Gasteiger partial charge in [-0.1, -0.05) is 31.2 Å². The van der Waals surface area contributed by atoms with Gasteiger partial charge in [0.15, 0.2) is 0 Å². The topological polar surface area (TPSA) is 82.0 Å². The van der Waals surface area contributed by atoms with E-state index in [2.05, 4.69) is 22.1 Å². The van der Waals surface area contributed by atoms with Crippen molar-refractivity contribution in [1.29, 1.82) is 0 Å². The number of halogens is 3. The molecule has 0 bridgehead atoms. The second-order valence-corrected chi connectivity index (χ2v) is 9.60. The number of benzene rings is 2. The molecule has 11 heteroatoms. The van der Waals surface area contributed by atoms with Crippen molar-refractivity contribution in [3.8, 4) is 22.4 Å². The van der Waals surface area contributed by atoms with Crippen LogP contribution in [0.4, 0.5) is 23.7 Å². The van der Waals surface area contributed by atoms with Crippen LogP contribution in [0.5, 0.6) is 0 Å². The Morgan fingerprint density at radius 3 is 2.40 bits per heavy atom. The molecule has 0 radical (unpaired) electrons. The number of fused-ring (bicyclic) bond motifs is 1. The number of alkyl halides is 3. The molecule has 0 unspecified atom stereocenters. The minimum absolute atomic E-state index is 0.0300. The number of pyridine rings is 1. The molecule has 1 saturated heterocycles. The summed E-state index contributed by atoms with van der Waals surface area (Å²) >= 11 is 0. The molecule has 0 aliphatic carbocycles. The largest absolute Gasteiger partial charge is 0.405 e. The van der Waals surface area contributed by atoms with Gasteiger partial charge in [0.25, 0.3) is 5.91 Å². The first-order valence-electron chi connectivity index (χ1n) is 13.0. The van der Waals surface area contributed by atoms with Crippen LogP contribution in [0.2, 0.25) is 0 Å². The number of rotatable bonds is 6. The third kappa shape index (κ3) is 6.26. The summed E-state index contributed by atoms with van der Waals surface area (Å²) in [7, 11) is 0. The summed E-state index contributed by atoms with van der Waals surface area (Å²) in [6.45, 7) is 4.89. The van der Waals surface area contributed by atoms with E-state index < -0.39 is 18.8 Å². The van der Waals surface area contributed by atoms with Crippen LogP contribution in [0.15, 0.2) is 73.1 Å². The number of piperazine rings is 1. The van der Waals surface area contributed by atoms with Crippen LogP contribution in [0, 0.1) is 0 Å². The Bertz CT molecular complexity index is 1530. The molecule has 1 fully saturated rings. The number of hydrogen-bond donors (Lipinski definition) is 2. The third-order valence-electron chi connectivity index (χ3n) is 6.93. The van der Waals surface area contributed by atoms with Gasteiger partial charge in [-0.3, -0.25) is 9.20 Å². The fraction of sp³-hybridized carbons (Fsp3) is 0.276. The van der Waals surface area contributed by atoms with Crippen molar-refractivity contribution < 1.29 is 22.8 Å². The summed E-state index contributed by atoms with van der Waals surface area (Å²) in [5, 5.41) is 4.22. The van der Waals surface area contributed by atoms with Gasteiger partial charge in [0.2, 0.25) is 0 Å². The van der Waals surface area contributed by atoms with Gasteiger partial charge >= 0.3 is 12.2 Å². The predicted molar refractivity (Wildman–Crippen MR) is 147 cm³/mol. The molecule has 1 aliphatic heterocycles. The summed E-state index contributed by atoms with van der Waals surface area (Å²) in [6.07, 6.45) is -0.922. The molecular weight excluding hydrogens is 521 g/mol. The summed E-state index contributed by atoms with van der Waals surface area (Å²) in [6, 6.07) is 17.3. The number of imidazole rings is 1. The maximum Gasteiger partial charge on any atom is 0.405 e. The zero-order valence-corrected chi connectivity index (χ0v) is 21.9. The average molecular weight is 551 g/mol. The maximum absolute atomic E-state index is 13.1. The Kier molecular flexibility index (Phi) is 7.74. The number of carbonyl (C=O) groups excluding carboxylic acids is 2. The smallest absolute Gasteiger partial charge is 0.336 e. The number of nitrogens with one attached hydrogen (secondary N) is 2. The van der Waals surface area contributed by atoms with Gasteiger partial charge in [0.05, 0.1) is 11.9 Å². The van der Waals surface area contributed by atoms with Gasteiger partial charge in [0, 0.05) is 49.2 Å². The quantitative estimate of drug-likeness (QED) is 0.349. The maximum atomic E-state index is 13.1. The molecule has 4 aromatic rings. The van der Waals surface area contributed by atoms with Gasteiger partial charge in [-0.25, -0.2) is 9.78 Å². The zero-order chi connectivity index (χ0) is 28.3. The van der Waals surface area contributed by atoms with Crippen molar-refractivity contribution in [2.75, 3.05) is 44.6 Å². The van der Waals surface area contributed by atoms with Crippen molar-refractivity contribution in [2.45, 2.75) is 13.1 Å². The van der Waals surface area contributed by atoms with Crippen molar-refractivity contribution in [1.82, 2.24) is 24.5 Å². The van der Waals surface area contributed by atoms with Crippen LogP contribution in [-0.4, -0.2) is 76.6 Å². The molecule has 208 valence electrons. The highest BCUT2D eigenvalue weighted by atomic mass is 19.4. The van der Waals surface area contributed by atoms with Crippen LogP contribution in [0.25, 0.3) is 28.0 Å². The minimum atomic E-state index is -4.49. The first-order valence-corrected chi connectivity index (χ1v) is 13.0. The van der Waals surface area contributed by atoms with E-state index in [4.69, 9.17) is 0 Å². The molecule has 1 aliphatic rings. The molecule has 0 spiro atoms. The van der Waals surface area contributed by atoms with Gasteiger partial charge in [-0.2, -0.15) is 13.2 Å². The molecule has 5 rings (SSSR count). The van der Waals surface area contributed by atoms with E-state index in [0.29, 0.717) is 30.0 Å². The normalized spacial score (nSPS) is 14.3. The Balaban J connectivity index is 1.33. The van der Waals surface area contributed by atoms with Crippen molar-refractivity contribution in [3.05, 3.63) is 78.6 Å². The highest BCUT2D eigenvalue weighted by Gasteiger charge is 2.27. The highest BCUT2D eigenvalue weighted by Crippen LogP contribution is 2.27. The van der Waals surface area contributed by atoms with Gasteiger partial charge in [-0.05, 0) is 54.1 Å². The van der Waals surface area contributed by atoms with Gasteiger partial charge < -0.3 is 20.4 Å². The lowest BCUT2D eigenvalue weighted by molar-refractivity contribution is -0.122. The summed E-state index contributed by atoms with van der Waals surface area (Å²) < 4.78 is 39.0. The summed E-state index contributed by atoms with van der Waals surface area (Å²) in [4.78, 5) is 33.8. The van der Waals surface area contributed by atoms with E-state index >= 15 is 0 Å². The van der Waals surface area contributed by atoms with E-state index in [9.17, 15) is 22.8 Å². The summed E-state index contributed by atoms with van der Waals surface area (Å²) in [5.41, 5.74) is 4.96. The number of amides is 3. The number of likely N-dealkylation sites (N-methyl/N-ethyl adjacent to an activating group) is 1. The van der Waals surface area contributed by atoms with Gasteiger partial charge in [-0.15, -0.1) is 0 Å². The van der Waals surface area contributed by atoms with E-state index in [0.717, 1.165) is 42.0 Å². The Labute approximate surface area is 229 Å². The summed E-state index contributed by atoms with van der Waals surface area (Å²) in [5.74, 6) is 0.0300. The zero-order valence-electron chi connectivity index (χ0n) is 21.9. The fourth-order valence-corrected chi connectivity index (χ4v) is 4.77. The SMILES string of the molecule is CCN1CCN(C(=O)c2cccc(-c3ccn4c(-c5cccc(NC(=O)NCC(F)(F)F)c5)cnc4c3)c2)CC1. The van der Waals surface area contributed by atoms with E-state index in [-0.39, 0.29) is 5.91 Å². The molecule has 3 heterocycles. The molecule has 0 saturated carbocycles. The Hall–Kier alpha value is -4.38. The first kappa shape index (κ1) is 27.2. The van der Waals surface area contributed by atoms with Crippen LogP contribution < -0.4 is 10.6 Å². The number of hydrogen-bond acceptors (Lipinski definition) is 4. The Morgan fingerprint density at radius 1 is 0.925 bits per heavy atom. The third-order valence-corrected chi connectivity index (χ3v) is 6.93. The number of anilines is 1. The monoisotopic (exact) mass is 550 g/mol. The lowest BCUT2D eigenvalue weighted by Crippen LogP contribution is -2.48. The lowest BCUT2D eigenvalue weighted by atomic mass is 10.0. The van der Waals surface area contributed by atoms with Crippen molar-refractivity contribution >= 4 is 23.3 Å². The minimum Gasteiger partial charge on any atom is -0.336 e. The molecule has 2 aromatic heterocycles. The van der Waals surface area contributed by atoms with Crippen molar-refractivity contribution in [2.24, 2.45) is 0 Å². The number of urea groups is 1. The molecule has 0 atom stereocenters. The second-order valence-electron chi connectivity index (χ2n) is 9.60. The standard InChI is InChI=1S/C29H29F3N6O2/c1-2-36-11-13-37(14-12-36)27(39)23-7-3-5-20(15-23)21-9-10-38-25(18-33-26(38)17-21)22-6-4-8-24(16-22)35-28(40)34-19-29(30,31)32/h3-10,15-18H,2,11-14,19H2,1H3,(H2,34,35,40). The van der Waals surface area contributed by atoms with E-state index in [1.807, 2.05) is 58.0 Å². The van der Waals surface area contributed by atoms with Crippen LogP contribution in [0.1, 0.15) is 17.3 Å². The Morgan fingerprint density at radius 2 is 1.65 bits per heavy atom. The molecule has 2 N–H and O–H groups in total. The highest BCUT2D eigenvalue weighted by molar-refractivity contribution is 5.95. The van der Waals surface area contributed by atoms with Gasteiger partial charge in [0.1, 0.15) is 12.2 Å². The van der Waals surface area contributed by atoms with E-state index in [1.165, 1.54) is 0 Å². The molecule has 8 nitrogen and oxygen atoms in total. The first-order chi connectivity index (χ1) is 19.2. The number of nitrogens with zero attached hydrogens (tertiary/aromatic N) is 4. The molecular formula is C29H29F3N6O2. The number of aromatic nitrogens is 2. The molecule has 2 aromatic carbocycles. The predicted octanol–water partition coefficient (Wildman–Crippen LogP) is 5.13.